The zero-order valence-electron chi connectivity index (χ0n) is 42.9. The number of allylic oxidation sites excluding steroid dienone is 18. The number of carbonyl (C=O) groups is 1. The smallest absolute Gasteiger partial charge is 0.306 e. The molecule has 2 aliphatic heterocycles. The van der Waals surface area contributed by atoms with Gasteiger partial charge in [0.05, 0.1) is 26.4 Å². The Morgan fingerprint density at radius 1 is 0.465 bits per heavy atom. The molecule has 0 aromatic heterocycles. The van der Waals surface area contributed by atoms with E-state index in [1.54, 1.807) is 0 Å². The number of hydrogen-bond acceptors (Lipinski definition) is 14. The van der Waals surface area contributed by atoms with Gasteiger partial charge in [-0.25, -0.2) is 0 Å². The maximum absolute atomic E-state index is 13.0. The average molecular weight is 1000 g/mol. The van der Waals surface area contributed by atoms with Gasteiger partial charge in [-0.3, -0.25) is 4.79 Å². The van der Waals surface area contributed by atoms with Crippen molar-refractivity contribution in [3.8, 4) is 0 Å². The molecule has 0 amide bonds. The number of hydrogen-bond donors (Lipinski definition) is 7. The van der Waals surface area contributed by atoms with Crippen molar-refractivity contribution in [2.24, 2.45) is 0 Å². The summed E-state index contributed by atoms with van der Waals surface area (Å²) in [5.74, 6) is -0.412. The second-order valence-electron chi connectivity index (χ2n) is 17.9. The van der Waals surface area contributed by atoms with Crippen molar-refractivity contribution in [1.29, 1.82) is 0 Å². The Hall–Kier alpha value is -3.35. The number of unbranched alkanes of at least 4 members (excludes halogenated alkanes) is 8. The van der Waals surface area contributed by atoms with E-state index < -0.39 is 86.7 Å². The van der Waals surface area contributed by atoms with E-state index in [1.165, 1.54) is 0 Å². The van der Waals surface area contributed by atoms with Gasteiger partial charge in [-0.2, -0.15) is 0 Å². The van der Waals surface area contributed by atoms with Gasteiger partial charge in [-0.1, -0.05) is 149 Å². The van der Waals surface area contributed by atoms with Crippen LogP contribution in [0.1, 0.15) is 142 Å². The van der Waals surface area contributed by atoms with Gasteiger partial charge in [0.1, 0.15) is 54.9 Å². The van der Waals surface area contributed by atoms with Crippen molar-refractivity contribution in [3.63, 3.8) is 0 Å². The number of carbonyl (C=O) groups excluding carboxylic acids is 1. The maximum atomic E-state index is 13.0. The van der Waals surface area contributed by atoms with E-state index in [0.717, 1.165) is 116 Å². The molecule has 11 unspecified atom stereocenters. The summed E-state index contributed by atoms with van der Waals surface area (Å²) in [6, 6.07) is 0. The van der Waals surface area contributed by atoms with E-state index in [1.807, 2.05) is 0 Å². The normalized spacial score (nSPS) is 26.2. The molecule has 404 valence electrons. The van der Waals surface area contributed by atoms with Gasteiger partial charge in [0.2, 0.25) is 0 Å². The molecule has 14 nitrogen and oxygen atoms in total. The van der Waals surface area contributed by atoms with E-state index in [2.05, 4.69) is 123 Å². The predicted octanol–water partition coefficient (Wildman–Crippen LogP) is 8.40. The third-order valence-electron chi connectivity index (χ3n) is 11.8. The Labute approximate surface area is 425 Å². The minimum atomic E-state index is -1.72. The molecule has 2 fully saturated rings. The molecule has 7 N–H and O–H groups in total. The fourth-order valence-corrected chi connectivity index (χ4v) is 7.54. The molecule has 2 aliphatic rings. The van der Waals surface area contributed by atoms with Gasteiger partial charge in [-0.05, 0) is 96.3 Å². The van der Waals surface area contributed by atoms with Crippen LogP contribution in [0, 0.1) is 0 Å². The summed E-state index contributed by atoms with van der Waals surface area (Å²) in [5, 5.41) is 72.2. The first-order chi connectivity index (χ1) is 34.6. The number of aliphatic hydroxyl groups is 7. The van der Waals surface area contributed by atoms with Crippen LogP contribution in [0.3, 0.4) is 0 Å². The lowest BCUT2D eigenvalue weighted by Crippen LogP contribution is -2.61. The van der Waals surface area contributed by atoms with Crippen molar-refractivity contribution in [3.05, 3.63) is 109 Å². The summed E-state index contributed by atoms with van der Waals surface area (Å²) >= 11 is 0. The Balaban J connectivity index is 1.78. The van der Waals surface area contributed by atoms with E-state index >= 15 is 0 Å². The van der Waals surface area contributed by atoms with Crippen molar-refractivity contribution in [1.82, 2.24) is 0 Å². The first-order valence-electron chi connectivity index (χ1n) is 26.5. The van der Waals surface area contributed by atoms with Crippen LogP contribution in [0.25, 0.3) is 0 Å². The van der Waals surface area contributed by atoms with Crippen LogP contribution in [-0.2, 0) is 33.2 Å². The molecule has 0 saturated carbocycles. The molecule has 0 aromatic carbocycles. The molecule has 2 heterocycles. The monoisotopic (exact) mass is 1000 g/mol. The summed E-state index contributed by atoms with van der Waals surface area (Å²) in [7, 11) is 0. The van der Waals surface area contributed by atoms with Crippen LogP contribution in [0.5, 0.6) is 0 Å². The van der Waals surface area contributed by atoms with Crippen LogP contribution in [0.4, 0.5) is 0 Å². The third kappa shape index (κ3) is 30.4. The fraction of sp³-hybridized carbons (Fsp3) is 0.667. The van der Waals surface area contributed by atoms with Crippen molar-refractivity contribution in [2.75, 3.05) is 33.0 Å². The lowest BCUT2D eigenvalue weighted by Gasteiger charge is -2.42. The van der Waals surface area contributed by atoms with E-state index in [4.69, 9.17) is 28.4 Å². The molecular formula is C57H92O14. The molecule has 11 atom stereocenters. The maximum Gasteiger partial charge on any atom is 0.306 e. The first-order valence-corrected chi connectivity index (χ1v) is 26.5. The highest BCUT2D eigenvalue weighted by molar-refractivity contribution is 5.69. The van der Waals surface area contributed by atoms with Crippen LogP contribution < -0.4 is 0 Å². The molecule has 0 aromatic rings. The highest BCUT2D eigenvalue weighted by Crippen LogP contribution is 2.26. The molecule has 0 bridgehead atoms. The van der Waals surface area contributed by atoms with E-state index in [-0.39, 0.29) is 19.6 Å². The third-order valence-corrected chi connectivity index (χ3v) is 11.8. The highest BCUT2D eigenvalue weighted by atomic mass is 16.7. The predicted molar refractivity (Wildman–Crippen MR) is 279 cm³/mol. The van der Waals surface area contributed by atoms with Crippen LogP contribution >= 0.6 is 0 Å². The summed E-state index contributed by atoms with van der Waals surface area (Å²) in [5.41, 5.74) is 0. The number of aliphatic hydroxyl groups excluding tert-OH is 7. The minimum absolute atomic E-state index is 0.0239. The fourth-order valence-electron chi connectivity index (χ4n) is 7.54. The standard InChI is InChI=1S/C57H92O14/c1-3-5-7-9-11-13-15-17-19-21-22-23-24-25-26-28-30-32-34-36-38-40-49(59)69-46(43-66-41-39-37-35-33-31-29-27-20-18-16-14-12-10-8-6-4-2)44-67-56-55(65)53(63)51(61)48(71-56)45-68-57-54(64)52(62)50(60)47(42-58)70-57/h5-8,11-14,17-20,22-23,25-26,29,31,46-48,50-58,60-65H,3-4,9-10,15-16,21,24,27-28,30,32-45H2,1-2H3/b7-5-,8-6-,13-11-,14-12-,19-17-,20-18-,23-22-,26-25-,31-29-. The summed E-state index contributed by atoms with van der Waals surface area (Å²) < 4.78 is 34.2. The molecule has 71 heavy (non-hydrogen) atoms. The second kappa shape index (κ2) is 43.1. The summed E-state index contributed by atoms with van der Waals surface area (Å²) in [6.07, 6.45) is 41.5. The zero-order valence-corrected chi connectivity index (χ0v) is 42.9. The molecule has 0 radical (unpaired) electrons. The molecule has 2 saturated heterocycles. The quantitative estimate of drug-likeness (QED) is 0.0175. The number of rotatable bonds is 40. The lowest BCUT2D eigenvalue weighted by atomic mass is 9.98. The van der Waals surface area contributed by atoms with Crippen LogP contribution in [-0.4, -0.2) is 142 Å². The molecular weight excluding hydrogens is 909 g/mol. The molecule has 0 spiro atoms. The Kier molecular flexibility index (Phi) is 38.7. The van der Waals surface area contributed by atoms with Gasteiger partial charge < -0.3 is 64.2 Å². The largest absolute Gasteiger partial charge is 0.457 e. The topological polar surface area (TPSA) is 214 Å². The number of ether oxygens (including phenoxy) is 6. The van der Waals surface area contributed by atoms with Gasteiger partial charge in [0.25, 0.3) is 0 Å². The molecule has 2 rings (SSSR count). The summed E-state index contributed by atoms with van der Waals surface area (Å²) in [6.45, 7) is 3.32. The van der Waals surface area contributed by atoms with Crippen molar-refractivity contribution >= 4 is 5.97 Å². The Bertz CT molecular complexity index is 1580. The number of esters is 1. The van der Waals surface area contributed by atoms with Gasteiger partial charge in [-0.15, -0.1) is 0 Å². The zero-order chi connectivity index (χ0) is 51.6. The molecule has 14 heteroatoms. The molecule has 0 aliphatic carbocycles. The average Bonchev–Trinajstić information content (AvgIpc) is 3.37. The van der Waals surface area contributed by atoms with Gasteiger partial charge in [0, 0.05) is 13.0 Å². The Morgan fingerprint density at radius 3 is 1.37 bits per heavy atom. The highest BCUT2D eigenvalue weighted by Gasteiger charge is 2.47. The van der Waals surface area contributed by atoms with Gasteiger partial charge in [0.15, 0.2) is 12.6 Å². The van der Waals surface area contributed by atoms with Crippen molar-refractivity contribution in [2.45, 2.75) is 210 Å². The van der Waals surface area contributed by atoms with Crippen LogP contribution in [0.2, 0.25) is 0 Å². The lowest BCUT2D eigenvalue weighted by molar-refractivity contribution is -0.332. The van der Waals surface area contributed by atoms with Crippen LogP contribution in [0.15, 0.2) is 109 Å². The van der Waals surface area contributed by atoms with E-state index in [0.29, 0.717) is 13.0 Å². The van der Waals surface area contributed by atoms with Crippen molar-refractivity contribution < 1.29 is 69.0 Å². The second-order valence-corrected chi connectivity index (χ2v) is 17.9. The summed E-state index contributed by atoms with van der Waals surface area (Å²) in [4.78, 5) is 13.0. The van der Waals surface area contributed by atoms with Gasteiger partial charge >= 0.3 is 5.97 Å². The Morgan fingerprint density at radius 2 is 0.873 bits per heavy atom. The van der Waals surface area contributed by atoms with E-state index in [9.17, 15) is 40.5 Å². The SMILES string of the molecule is CC/C=C\C/C=C\C/C=C\C/C=C\C/C=C\CCCCCCCC(=O)OC(COCCCCC/C=C\C/C=C\C/C=C\C/C=C\CC)COC1OC(COC2OC(CO)C(O)C(O)C2O)C(O)C(O)C1O. The minimum Gasteiger partial charge on any atom is -0.457 e. The first kappa shape index (κ1) is 63.8.